The summed E-state index contributed by atoms with van der Waals surface area (Å²) in [5.41, 5.74) is 2.32. The summed E-state index contributed by atoms with van der Waals surface area (Å²) in [4.78, 5) is 15.2. The lowest BCUT2D eigenvalue weighted by Crippen LogP contribution is -2.65. The number of amides is 1. The lowest BCUT2D eigenvalue weighted by Gasteiger charge is -2.56. The number of allylic oxidation sites excluding steroid dienone is 4. The summed E-state index contributed by atoms with van der Waals surface area (Å²) >= 11 is 0. The van der Waals surface area contributed by atoms with E-state index in [0.717, 1.165) is 49.4 Å². The maximum atomic E-state index is 13.2. The van der Waals surface area contributed by atoms with Crippen molar-refractivity contribution in [2.75, 3.05) is 20.8 Å². The quantitative estimate of drug-likeness (QED) is 0.731. The Bertz CT molecular complexity index is 1040. The Morgan fingerprint density at radius 2 is 2.10 bits per heavy atom. The first-order valence-electron chi connectivity index (χ1n) is 11.1. The van der Waals surface area contributed by atoms with Crippen LogP contribution in [0.4, 0.5) is 4.79 Å². The van der Waals surface area contributed by atoms with Gasteiger partial charge in [-0.3, -0.25) is 0 Å². The second-order valence-corrected chi connectivity index (χ2v) is 8.99. The molecule has 4 unspecified atom stereocenters. The molecule has 0 saturated carbocycles. The molecule has 162 valence electrons. The molecule has 2 heterocycles. The SMILES string of the molecule is COC1=CCC2C3Cc4ccc(OC)c5c4C2(CCN3C(=O)OC2=CCCC=C2)C1O5. The molecule has 6 heteroatoms. The van der Waals surface area contributed by atoms with Crippen LogP contribution in [0.25, 0.3) is 0 Å². The van der Waals surface area contributed by atoms with E-state index in [1.807, 2.05) is 23.1 Å². The summed E-state index contributed by atoms with van der Waals surface area (Å²) in [5.74, 6) is 3.43. The van der Waals surface area contributed by atoms with Crippen LogP contribution < -0.4 is 9.47 Å². The zero-order valence-corrected chi connectivity index (χ0v) is 17.9. The number of ether oxygens (including phenoxy) is 4. The Kier molecular flexibility index (Phi) is 4.14. The summed E-state index contributed by atoms with van der Waals surface area (Å²) in [6.07, 6.45) is 12.1. The Morgan fingerprint density at radius 1 is 1.19 bits per heavy atom. The topological polar surface area (TPSA) is 57.2 Å². The number of methoxy groups -OCH3 is 2. The molecule has 2 bridgehead atoms. The van der Waals surface area contributed by atoms with Crippen molar-refractivity contribution in [1.82, 2.24) is 4.90 Å². The van der Waals surface area contributed by atoms with Gasteiger partial charge in [0.2, 0.25) is 0 Å². The number of piperidine rings is 1. The number of likely N-dealkylation sites (tertiary alicyclic amines) is 1. The number of hydrogen-bond donors (Lipinski definition) is 0. The number of carbonyl (C=O) groups is 1. The minimum absolute atomic E-state index is 0.0713. The predicted molar refractivity (Wildman–Crippen MR) is 114 cm³/mol. The Hall–Kier alpha value is -2.89. The van der Waals surface area contributed by atoms with Gasteiger partial charge in [-0.05, 0) is 67.9 Å². The first kappa shape index (κ1) is 18.8. The van der Waals surface area contributed by atoms with Gasteiger partial charge in [-0.25, -0.2) is 4.79 Å². The highest BCUT2D eigenvalue weighted by Crippen LogP contribution is 2.64. The monoisotopic (exact) mass is 421 g/mol. The molecular formula is C25H27NO5. The van der Waals surface area contributed by atoms with Gasteiger partial charge < -0.3 is 23.8 Å². The van der Waals surface area contributed by atoms with Gasteiger partial charge in [0.25, 0.3) is 0 Å². The van der Waals surface area contributed by atoms with Gasteiger partial charge in [0.15, 0.2) is 17.6 Å². The average Bonchev–Trinajstić information content (AvgIpc) is 3.14. The van der Waals surface area contributed by atoms with Crippen LogP contribution in [0.2, 0.25) is 0 Å². The normalized spacial score (nSPS) is 31.8. The minimum atomic E-state index is -0.244. The first-order chi connectivity index (χ1) is 15.2. The van der Waals surface area contributed by atoms with Crippen LogP contribution in [-0.4, -0.2) is 43.9 Å². The van der Waals surface area contributed by atoms with Crippen molar-refractivity contribution in [2.45, 2.75) is 49.7 Å². The molecule has 6 rings (SSSR count). The van der Waals surface area contributed by atoms with Crippen LogP contribution in [0, 0.1) is 5.92 Å². The molecule has 1 fully saturated rings. The third kappa shape index (κ3) is 2.47. The smallest absolute Gasteiger partial charge is 0.415 e. The molecule has 31 heavy (non-hydrogen) atoms. The van der Waals surface area contributed by atoms with Crippen LogP contribution in [0.3, 0.4) is 0 Å². The lowest BCUT2D eigenvalue weighted by atomic mass is 9.53. The fourth-order valence-corrected chi connectivity index (χ4v) is 6.52. The maximum absolute atomic E-state index is 13.2. The van der Waals surface area contributed by atoms with Gasteiger partial charge in [0, 0.05) is 18.2 Å². The molecule has 0 N–H and O–H groups in total. The number of carbonyl (C=O) groups excluding carboxylic acids is 1. The molecule has 1 spiro atoms. The fourth-order valence-electron chi connectivity index (χ4n) is 6.52. The largest absolute Gasteiger partial charge is 0.497 e. The van der Waals surface area contributed by atoms with Gasteiger partial charge in [-0.1, -0.05) is 12.1 Å². The highest BCUT2D eigenvalue weighted by atomic mass is 16.6. The van der Waals surface area contributed by atoms with E-state index in [1.165, 1.54) is 11.1 Å². The highest BCUT2D eigenvalue weighted by molar-refractivity contribution is 5.72. The van der Waals surface area contributed by atoms with Crippen LogP contribution in [0.15, 0.2) is 48.0 Å². The minimum Gasteiger partial charge on any atom is -0.497 e. The van der Waals surface area contributed by atoms with E-state index in [2.05, 4.69) is 18.2 Å². The van der Waals surface area contributed by atoms with E-state index >= 15 is 0 Å². The second kappa shape index (κ2) is 6.81. The summed E-state index contributed by atoms with van der Waals surface area (Å²) in [6, 6.07) is 4.19. The summed E-state index contributed by atoms with van der Waals surface area (Å²) in [7, 11) is 3.40. The molecule has 1 saturated heterocycles. The maximum Gasteiger partial charge on any atom is 0.415 e. The molecule has 5 aliphatic rings. The molecule has 2 aliphatic heterocycles. The van der Waals surface area contributed by atoms with Crippen molar-refractivity contribution in [3.05, 3.63) is 59.1 Å². The number of nitrogens with zero attached hydrogens (tertiary/aromatic N) is 1. The third-order valence-corrected chi connectivity index (χ3v) is 7.79. The lowest BCUT2D eigenvalue weighted by molar-refractivity contribution is -0.0300. The molecule has 1 amide bonds. The Balaban J connectivity index is 1.42. The Morgan fingerprint density at radius 3 is 2.87 bits per heavy atom. The van der Waals surface area contributed by atoms with E-state index in [1.54, 1.807) is 14.2 Å². The molecule has 0 aromatic heterocycles. The van der Waals surface area contributed by atoms with Crippen molar-refractivity contribution in [2.24, 2.45) is 5.92 Å². The van der Waals surface area contributed by atoms with Crippen molar-refractivity contribution >= 4 is 6.09 Å². The first-order valence-corrected chi connectivity index (χ1v) is 11.1. The number of hydrogen-bond acceptors (Lipinski definition) is 5. The van der Waals surface area contributed by atoms with Gasteiger partial charge in [-0.15, -0.1) is 0 Å². The number of benzene rings is 1. The summed E-state index contributed by atoms with van der Waals surface area (Å²) in [6.45, 7) is 0.643. The Labute approximate surface area is 182 Å². The third-order valence-electron chi connectivity index (χ3n) is 7.79. The van der Waals surface area contributed by atoms with Gasteiger partial charge in [-0.2, -0.15) is 0 Å². The van der Waals surface area contributed by atoms with Gasteiger partial charge >= 0.3 is 6.09 Å². The van der Waals surface area contributed by atoms with Crippen LogP contribution in [0.5, 0.6) is 11.5 Å². The molecule has 1 aromatic rings. The van der Waals surface area contributed by atoms with E-state index in [4.69, 9.17) is 18.9 Å². The van der Waals surface area contributed by atoms with Crippen LogP contribution in [-0.2, 0) is 21.3 Å². The average molecular weight is 421 g/mol. The van der Waals surface area contributed by atoms with E-state index < -0.39 is 0 Å². The standard InChI is InChI=1S/C25H27NO5/c1-28-19-10-8-15-14-18-17-9-11-20(29-2)23-25(17,21(15)22(19)31-23)12-13-26(18)24(27)30-16-6-4-3-5-7-16/h4,6-8,10-11,17-18,23H,3,5,9,12-14H2,1-2H3. The molecule has 6 nitrogen and oxygen atoms in total. The van der Waals surface area contributed by atoms with Crippen LogP contribution >= 0.6 is 0 Å². The zero-order chi connectivity index (χ0) is 21.2. The van der Waals surface area contributed by atoms with E-state index in [0.29, 0.717) is 12.3 Å². The molecular weight excluding hydrogens is 394 g/mol. The summed E-state index contributed by atoms with van der Waals surface area (Å²) in [5, 5.41) is 0. The van der Waals surface area contributed by atoms with Crippen molar-refractivity contribution in [3.8, 4) is 11.5 Å². The van der Waals surface area contributed by atoms with Crippen molar-refractivity contribution in [1.29, 1.82) is 0 Å². The second-order valence-electron chi connectivity index (χ2n) is 8.99. The highest BCUT2D eigenvalue weighted by Gasteiger charge is 2.65. The molecule has 3 aliphatic carbocycles. The van der Waals surface area contributed by atoms with E-state index in [-0.39, 0.29) is 29.6 Å². The van der Waals surface area contributed by atoms with Crippen LogP contribution in [0.1, 0.15) is 36.8 Å². The summed E-state index contributed by atoms with van der Waals surface area (Å²) < 4.78 is 23.7. The fraction of sp³-hybridized carbons (Fsp3) is 0.480. The van der Waals surface area contributed by atoms with Crippen molar-refractivity contribution < 1.29 is 23.7 Å². The molecule has 0 radical (unpaired) electrons. The molecule has 1 aromatic carbocycles. The van der Waals surface area contributed by atoms with Gasteiger partial charge in [0.1, 0.15) is 11.5 Å². The van der Waals surface area contributed by atoms with Crippen molar-refractivity contribution in [3.63, 3.8) is 0 Å². The zero-order valence-electron chi connectivity index (χ0n) is 17.9. The number of rotatable bonds is 3. The van der Waals surface area contributed by atoms with Gasteiger partial charge in [0.05, 0.1) is 19.6 Å². The van der Waals surface area contributed by atoms with E-state index in [9.17, 15) is 4.79 Å². The molecule has 4 atom stereocenters. The predicted octanol–water partition coefficient (Wildman–Crippen LogP) is 4.25.